The number of fused-ring (bicyclic) bond motifs is 1. The molecule has 4 atom stereocenters. The van der Waals surface area contributed by atoms with E-state index in [4.69, 9.17) is 4.74 Å². The Kier molecular flexibility index (Phi) is 9.42. The summed E-state index contributed by atoms with van der Waals surface area (Å²) in [6.45, 7) is 1.73. The number of nitrogens with zero attached hydrogens (tertiary/aromatic N) is 1. The van der Waals surface area contributed by atoms with Crippen LogP contribution in [0.5, 0.6) is 5.75 Å². The predicted octanol–water partition coefficient (Wildman–Crippen LogP) is 3.04. The zero-order chi connectivity index (χ0) is 26.4. The maximum Gasteiger partial charge on any atom is 0.423 e. The summed E-state index contributed by atoms with van der Waals surface area (Å²) in [6, 6.07) is 6.93. The van der Waals surface area contributed by atoms with Gasteiger partial charge in [-0.3, -0.25) is 9.59 Å². The SMILES string of the molecule is CCC/C(=C\c1cccc(O)c1)CC[C@@H](O)C1=C(COC)C[C@H]2C(=O)N(C(=O)OC)C(=O)[C@H]2[C@H]1CO. The highest BCUT2D eigenvalue weighted by Crippen LogP contribution is 2.46. The molecule has 1 aromatic rings. The van der Waals surface area contributed by atoms with Crippen LogP contribution in [0.3, 0.4) is 0 Å². The molecule has 3 rings (SSSR count). The number of aliphatic hydroxyl groups excluding tert-OH is 2. The molecule has 9 nitrogen and oxygen atoms in total. The Hall–Kier alpha value is -3.01. The zero-order valence-corrected chi connectivity index (χ0v) is 21.0. The number of imide groups is 3. The van der Waals surface area contributed by atoms with E-state index in [1.807, 2.05) is 12.1 Å². The van der Waals surface area contributed by atoms with Gasteiger partial charge in [0.1, 0.15) is 5.75 Å². The highest BCUT2D eigenvalue weighted by Gasteiger charge is 2.57. The average Bonchev–Trinajstić information content (AvgIpc) is 3.10. The van der Waals surface area contributed by atoms with Crippen molar-refractivity contribution in [1.29, 1.82) is 0 Å². The van der Waals surface area contributed by atoms with Gasteiger partial charge in [0, 0.05) is 13.0 Å². The number of rotatable bonds is 10. The molecule has 0 spiro atoms. The molecule has 1 aliphatic heterocycles. The number of benzene rings is 1. The Morgan fingerprint density at radius 2 is 1.97 bits per heavy atom. The molecule has 1 saturated heterocycles. The second-order valence-electron chi connectivity index (χ2n) is 9.30. The summed E-state index contributed by atoms with van der Waals surface area (Å²) >= 11 is 0. The molecule has 0 saturated carbocycles. The Labute approximate surface area is 211 Å². The largest absolute Gasteiger partial charge is 0.508 e. The first-order valence-electron chi connectivity index (χ1n) is 12.2. The van der Waals surface area contributed by atoms with E-state index in [0.717, 1.165) is 31.1 Å². The summed E-state index contributed by atoms with van der Waals surface area (Å²) < 4.78 is 9.94. The summed E-state index contributed by atoms with van der Waals surface area (Å²) in [5.74, 6) is -3.79. The standard InChI is InChI=1S/C27H35NO8/c1-4-6-16(11-17-7-5-8-19(30)12-17)9-10-22(31)23-18(15-35-2)13-20-24(21(23)14-29)26(33)28(25(20)32)27(34)36-3/h5,7-8,11-12,20-22,24,29-31H,4,6,9-10,13-15H2,1-3H3/b16-11+/t20-,21+,22-,24-/m1/s1. The minimum absolute atomic E-state index is 0.132. The van der Waals surface area contributed by atoms with Crippen molar-refractivity contribution in [2.24, 2.45) is 17.8 Å². The second kappa shape index (κ2) is 12.3. The van der Waals surface area contributed by atoms with Crippen molar-refractivity contribution in [3.05, 3.63) is 46.5 Å². The third-order valence-corrected chi connectivity index (χ3v) is 6.97. The van der Waals surface area contributed by atoms with E-state index in [1.54, 1.807) is 18.2 Å². The minimum atomic E-state index is -1.05. The lowest BCUT2D eigenvalue weighted by molar-refractivity contribution is -0.137. The number of aliphatic hydroxyl groups is 2. The number of hydrogen-bond donors (Lipinski definition) is 3. The molecular formula is C27H35NO8. The van der Waals surface area contributed by atoms with Gasteiger partial charge in [0.25, 0.3) is 0 Å². The first-order valence-corrected chi connectivity index (χ1v) is 12.2. The van der Waals surface area contributed by atoms with Crippen molar-refractivity contribution in [3.8, 4) is 5.75 Å². The van der Waals surface area contributed by atoms with Gasteiger partial charge < -0.3 is 24.8 Å². The third kappa shape index (κ3) is 5.69. The van der Waals surface area contributed by atoms with E-state index in [1.165, 1.54) is 7.11 Å². The fourth-order valence-corrected chi connectivity index (χ4v) is 5.46. The number of hydrogen-bond acceptors (Lipinski definition) is 8. The maximum absolute atomic E-state index is 13.1. The van der Waals surface area contributed by atoms with Gasteiger partial charge in [-0.05, 0) is 54.5 Å². The van der Waals surface area contributed by atoms with Crippen molar-refractivity contribution in [3.63, 3.8) is 0 Å². The Morgan fingerprint density at radius 3 is 2.58 bits per heavy atom. The fourth-order valence-electron chi connectivity index (χ4n) is 5.46. The van der Waals surface area contributed by atoms with E-state index < -0.39 is 48.4 Å². The Morgan fingerprint density at radius 1 is 1.22 bits per heavy atom. The van der Waals surface area contributed by atoms with E-state index in [0.29, 0.717) is 28.9 Å². The normalized spacial score (nSPS) is 23.2. The summed E-state index contributed by atoms with van der Waals surface area (Å²) in [4.78, 5) is 38.6. The number of allylic oxidation sites excluding steroid dienone is 1. The quantitative estimate of drug-likeness (QED) is 0.329. The van der Waals surface area contributed by atoms with Gasteiger partial charge >= 0.3 is 6.09 Å². The molecule has 0 bridgehead atoms. The van der Waals surface area contributed by atoms with Gasteiger partial charge in [0.15, 0.2) is 0 Å². The van der Waals surface area contributed by atoms with Crippen LogP contribution in [0.25, 0.3) is 6.08 Å². The van der Waals surface area contributed by atoms with E-state index >= 15 is 0 Å². The van der Waals surface area contributed by atoms with Crippen molar-refractivity contribution in [2.45, 2.75) is 45.1 Å². The summed E-state index contributed by atoms with van der Waals surface area (Å²) in [7, 11) is 2.59. The van der Waals surface area contributed by atoms with E-state index in [2.05, 4.69) is 11.7 Å². The molecular weight excluding hydrogens is 466 g/mol. The predicted molar refractivity (Wildman–Crippen MR) is 132 cm³/mol. The monoisotopic (exact) mass is 501 g/mol. The topological polar surface area (TPSA) is 134 Å². The number of ether oxygens (including phenoxy) is 2. The van der Waals surface area contributed by atoms with Gasteiger partial charge in [-0.2, -0.15) is 4.90 Å². The van der Waals surface area contributed by atoms with Crippen molar-refractivity contribution in [1.82, 2.24) is 4.90 Å². The van der Waals surface area contributed by atoms with Gasteiger partial charge in [0.05, 0.1) is 38.3 Å². The number of carbonyl (C=O) groups is 3. The molecule has 1 aromatic carbocycles. The smallest absolute Gasteiger partial charge is 0.423 e. The molecule has 3 amide bonds. The lowest BCUT2D eigenvalue weighted by Gasteiger charge is -2.36. The maximum atomic E-state index is 13.1. The zero-order valence-electron chi connectivity index (χ0n) is 21.0. The first kappa shape index (κ1) is 27.6. The van der Waals surface area contributed by atoms with Gasteiger partial charge in [-0.25, -0.2) is 4.79 Å². The lowest BCUT2D eigenvalue weighted by atomic mass is 9.68. The molecule has 196 valence electrons. The molecule has 36 heavy (non-hydrogen) atoms. The molecule has 3 N–H and O–H groups in total. The van der Waals surface area contributed by atoms with Gasteiger partial charge in [0.2, 0.25) is 11.8 Å². The third-order valence-electron chi connectivity index (χ3n) is 6.97. The summed E-state index contributed by atoms with van der Waals surface area (Å²) in [6.07, 6.45) is 2.73. The van der Waals surface area contributed by atoms with Crippen LogP contribution in [-0.4, -0.2) is 71.7 Å². The molecule has 1 heterocycles. The first-order chi connectivity index (χ1) is 17.3. The molecule has 0 radical (unpaired) electrons. The van der Waals surface area contributed by atoms with E-state index in [-0.39, 0.29) is 18.8 Å². The Balaban J connectivity index is 1.88. The fraction of sp³-hybridized carbons (Fsp3) is 0.519. The van der Waals surface area contributed by atoms with Crippen LogP contribution >= 0.6 is 0 Å². The van der Waals surface area contributed by atoms with Gasteiger partial charge in [-0.15, -0.1) is 0 Å². The second-order valence-corrected chi connectivity index (χ2v) is 9.30. The number of aromatic hydroxyl groups is 1. The summed E-state index contributed by atoms with van der Waals surface area (Å²) in [5, 5.41) is 31.4. The molecule has 0 aromatic heterocycles. The Bertz CT molecular complexity index is 1050. The molecule has 2 aliphatic rings. The number of methoxy groups -OCH3 is 2. The molecule has 1 fully saturated rings. The number of carbonyl (C=O) groups excluding carboxylic acids is 3. The van der Waals surface area contributed by atoms with Crippen molar-refractivity contribution >= 4 is 24.0 Å². The van der Waals surface area contributed by atoms with Crippen LogP contribution in [0.2, 0.25) is 0 Å². The summed E-state index contributed by atoms with van der Waals surface area (Å²) in [5.41, 5.74) is 3.11. The lowest BCUT2D eigenvalue weighted by Crippen LogP contribution is -2.40. The van der Waals surface area contributed by atoms with Crippen LogP contribution in [0.4, 0.5) is 4.79 Å². The highest BCUT2D eigenvalue weighted by atomic mass is 16.5. The van der Waals surface area contributed by atoms with Crippen molar-refractivity contribution in [2.75, 3.05) is 27.4 Å². The number of likely N-dealkylation sites (tertiary alicyclic amines) is 1. The van der Waals surface area contributed by atoms with Gasteiger partial charge in [-0.1, -0.05) is 37.1 Å². The van der Waals surface area contributed by atoms with Crippen molar-refractivity contribution < 1.29 is 39.2 Å². The molecule has 1 aliphatic carbocycles. The highest BCUT2D eigenvalue weighted by molar-refractivity contribution is 6.16. The minimum Gasteiger partial charge on any atom is -0.508 e. The number of amides is 3. The van der Waals surface area contributed by atoms with Crippen LogP contribution in [0, 0.1) is 17.8 Å². The molecule has 0 unspecified atom stereocenters. The van der Waals surface area contributed by atoms with Crippen LogP contribution in [-0.2, 0) is 19.1 Å². The van der Waals surface area contributed by atoms with Crippen LogP contribution in [0.15, 0.2) is 41.0 Å². The number of phenols is 1. The van der Waals surface area contributed by atoms with Crippen LogP contribution in [0.1, 0.15) is 44.6 Å². The molecule has 9 heteroatoms. The van der Waals surface area contributed by atoms with E-state index in [9.17, 15) is 29.7 Å². The van der Waals surface area contributed by atoms with Crippen LogP contribution < -0.4 is 0 Å². The average molecular weight is 502 g/mol. The number of phenolic OH excluding ortho intramolecular Hbond substituents is 1.